The molecule has 0 heterocycles. The van der Waals surface area contributed by atoms with Crippen molar-refractivity contribution in [3.63, 3.8) is 0 Å². The SMILES string of the molecule is CN(C)CCOc1ccc(NC(=S)/N=C(\N)SC2(C)CCCCCC2)cc1. The predicted octanol–water partition coefficient (Wildman–Crippen LogP) is 4.48. The molecule has 1 aliphatic rings. The van der Waals surface area contributed by atoms with Gasteiger partial charge in [-0.3, -0.25) is 0 Å². The third-order valence-corrected chi connectivity index (χ3v) is 6.03. The Morgan fingerprint density at radius 1 is 1.22 bits per heavy atom. The summed E-state index contributed by atoms with van der Waals surface area (Å²) in [4.78, 5) is 6.46. The predicted molar refractivity (Wildman–Crippen MR) is 122 cm³/mol. The van der Waals surface area contributed by atoms with Crippen LogP contribution in [0.1, 0.15) is 45.4 Å². The number of benzene rings is 1. The Morgan fingerprint density at radius 3 is 2.44 bits per heavy atom. The van der Waals surface area contributed by atoms with Crippen LogP contribution in [-0.2, 0) is 0 Å². The van der Waals surface area contributed by atoms with E-state index in [4.69, 9.17) is 22.7 Å². The van der Waals surface area contributed by atoms with Gasteiger partial charge in [0.05, 0.1) is 0 Å². The van der Waals surface area contributed by atoms with Crippen LogP contribution >= 0.6 is 24.0 Å². The van der Waals surface area contributed by atoms with Gasteiger partial charge in [0.25, 0.3) is 0 Å². The molecule has 27 heavy (non-hydrogen) atoms. The molecule has 1 fully saturated rings. The average molecular weight is 409 g/mol. The summed E-state index contributed by atoms with van der Waals surface area (Å²) in [6.07, 6.45) is 7.54. The molecule has 0 unspecified atom stereocenters. The van der Waals surface area contributed by atoms with E-state index in [-0.39, 0.29) is 4.75 Å². The van der Waals surface area contributed by atoms with Gasteiger partial charge < -0.3 is 20.7 Å². The highest BCUT2D eigenvalue weighted by Gasteiger charge is 2.27. The maximum absolute atomic E-state index is 6.16. The average Bonchev–Trinajstić information content (AvgIpc) is 2.80. The molecule has 0 bridgehead atoms. The highest BCUT2D eigenvalue weighted by molar-refractivity contribution is 8.15. The van der Waals surface area contributed by atoms with Crippen LogP contribution in [0.5, 0.6) is 5.75 Å². The Kier molecular flexibility index (Phi) is 8.86. The third kappa shape index (κ3) is 8.49. The first-order valence-corrected chi connectivity index (χ1v) is 10.8. The van der Waals surface area contributed by atoms with E-state index in [0.717, 1.165) is 18.0 Å². The molecule has 7 heteroatoms. The van der Waals surface area contributed by atoms with Crippen LogP contribution in [-0.4, -0.2) is 47.2 Å². The van der Waals surface area contributed by atoms with Crippen molar-refractivity contribution in [1.82, 2.24) is 4.90 Å². The standard InChI is InChI=1S/C20H32N4OS2/c1-20(12-6-4-5-7-13-20)27-18(21)23-19(26)22-16-8-10-17(11-9-16)25-15-14-24(2)3/h8-11H,4-7,12-15H2,1-3H3,(H3,21,22,23,26). The highest BCUT2D eigenvalue weighted by Crippen LogP contribution is 2.38. The van der Waals surface area contributed by atoms with E-state index in [0.29, 0.717) is 16.9 Å². The number of thiocarbonyl (C=S) groups is 1. The molecule has 3 N–H and O–H groups in total. The topological polar surface area (TPSA) is 62.9 Å². The van der Waals surface area contributed by atoms with Gasteiger partial charge in [-0.15, -0.1) is 0 Å². The van der Waals surface area contributed by atoms with E-state index in [1.165, 1.54) is 38.5 Å². The molecule has 0 saturated heterocycles. The Bertz CT molecular complexity index is 623. The van der Waals surface area contributed by atoms with Crippen molar-refractivity contribution in [3.8, 4) is 5.75 Å². The van der Waals surface area contributed by atoms with Crippen LogP contribution in [0.3, 0.4) is 0 Å². The molecule has 0 spiro atoms. The number of aliphatic imine (C=N–C) groups is 1. The lowest BCUT2D eigenvalue weighted by molar-refractivity contribution is 0.261. The first-order valence-electron chi connectivity index (χ1n) is 9.58. The van der Waals surface area contributed by atoms with Gasteiger partial charge in [0.15, 0.2) is 10.3 Å². The zero-order valence-electron chi connectivity index (χ0n) is 16.7. The minimum absolute atomic E-state index is 0.172. The smallest absolute Gasteiger partial charge is 0.199 e. The molecule has 0 amide bonds. The molecular weight excluding hydrogens is 376 g/mol. The van der Waals surface area contributed by atoms with E-state index >= 15 is 0 Å². The molecule has 1 aromatic carbocycles. The second-order valence-electron chi connectivity index (χ2n) is 7.52. The van der Waals surface area contributed by atoms with Gasteiger partial charge in [0.2, 0.25) is 0 Å². The second-order valence-corrected chi connectivity index (χ2v) is 9.52. The number of thioether (sulfide) groups is 1. The monoisotopic (exact) mass is 408 g/mol. The van der Waals surface area contributed by atoms with Gasteiger partial charge >= 0.3 is 0 Å². The van der Waals surface area contributed by atoms with Crippen LogP contribution in [0.2, 0.25) is 0 Å². The molecule has 1 aromatic rings. The number of nitrogens with two attached hydrogens (primary N) is 1. The number of nitrogens with zero attached hydrogens (tertiary/aromatic N) is 2. The van der Waals surface area contributed by atoms with Crippen LogP contribution in [0.4, 0.5) is 5.69 Å². The number of likely N-dealkylation sites (N-methyl/N-ethyl adjacent to an activating group) is 1. The maximum Gasteiger partial charge on any atom is 0.199 e. The Hall–Kier alpha value is -1.31. The molecular formula is C20H32N4OS2. The fraction of sp³-hybridized carbons (Fsp3) is 0.600. The number of rotatable bonds is 6. The number of hydrogen-bond donors (Lipinski definition) is 2. The van der Waals surface area contributed by atoms with E-state index in [9.17, 15) is 0 Å². The number of anilines is 1. The largest absolute Gasteiger partial charge is 0.492 e. The fourth-order valence-corrected chi connectivity index (χ4v) is 4.49. The number of amidine groups is 1. The van der Waals surface area contributed by atoms with Crippen molar-refractivity contribution >= 4 is 39.9 Å². The Labute approximate surface area is 173 Å². The molecule has 0 atom stereocenters. The van der Waals surface area contributed by atoms with Crippen molar-refractivity contribution in [3.05, 3.63) is 24.3 Å². The zero-order valence-corrected chi connectivity index (χ0v) is 18.3. The molecule has 150 valence electrons. The van der Waals surface area contributed by atoms with E-state index < -0.39 is 0 Å². The van der Waals surface area contributed by atoms with Gasteiger partial charge in [0, 0.05) is 17.0 Å². The van der Waals surface area contributed by atoms with Crippen molar-refractivity contribution in [1.29, 1.82) is 0 Å². The number of nitrogens with one attached hydrogen (secondary N) is 1. The van der Waals surface area contributed by atoms with Crippen LogP contribution in [0.15, 0.2) is 29.3 Å². The Balaban J connectivity index is 1.83. The van der Waals surface area contributed by atoms with E-state index in [2.05, 4.69) is 22.1 Å². The number of hydrogen-bond acceptors (Lipinski definition) is 4. The van der Waals surface area contributed by atoms with E-state index in [1.54, 1.807) is 11.8 Å². The summed E-state index contributed by atoms with van der Waals surface area (Å²) in [6, 6.07) is 7.72. The summed E-state index contributed by atoms with van der Waals surface area (Å²) >= 11 is 7.01. The van der Waals surface area contributed by atoms with Gasteiger partial charge in [-0.1, -0.05) is 37.4 Å². The van der Waals surface area contributed by atoms with Gasteiger partial charge in [-0.05, 0) is 70.3 Å². The molecule has 1 aliphatic carbocycles. The van der Waals surface area contributed by atoms with Crippen LogP contribution in [0.25, 0.3) is 0 Å². The minimum Gasteiger partial charge on any atom is -0.492 e. The summed E-state index contributed by atoms with van der Waals surface area (Å²) in [6.45, 7) is 3.83. The quantitative estimate of drug-likeness (QED) is 0.313. The highest BCUT2D eigenvalue weighted by atomic mass is 32.2. The number of ether oxygens (including phenoxy) is 1. The van der Waals surface area contributed by atoms with Crippen molar-refractivity contribution < 1.29 is 4.74 Å². The molecule has 2 rings (SSSR count). The summed E-state index contributed by atoms with van der Waals surface area (Å²) in [5.41, 5.74) is 7.04. The lowest BCUT2D eigenvalue weighted by atomic mass is 10.0. The molecule has 0 aliphatic heterocycles. The van der Waals surface area contributed by atoms with Crippen molar-refractivity contribution in [2.24, 2.45) is 10.7 Å². The lowest BCUT2D eigenvalue weighted by Crippen LogP contribution is -2.25. The molecule has 5 nitrogen and oxygen atoms in total. The van der Waals surface area contributed by atoms with Gasteiger partial charge in [-0.2, -0.15) is 4.99 Å². The molecule has 0 aromatic heterocycles. The third-order valence-electron chi connectivity index (χ3n) is 4.64. The summed E-state index contributed by atoms with van der Waals surface area (Å²) < 4.78 is 5.87. The van der Waals surface area contributed by atoms with Gasteiger partial charge in [0.1, 0.15) is 12.4 Å². The maximum atomic E-state index is 6.16. The molecule has 0 radical (unpaired) electrons. The second kappa shape index (κ2) is 10.9. The van der Waals surface area contributed by atoms with Crippen LogP contribution < -0.4 is 15.8 Å². The van der Waals surface area contributed by atoms with Crippen molar-refractivity contribution in [2.75, 3.05) is 32.6 Å². The molecule has 1 saturated carbocycles. The summed E-state index contributed by atoms with van der Waals surface area (Å²) in [5.74, 6) is 0.841. The Morgan fingerprint density at radius 2 is 1.85 bits per heavy atom. The zero-order chi connectivity index (χ0) is 19.7. The first kappa shape index (κ1) is 22.0. The van der Waals surface area contributed by atoms with E-state index in [1.807, 2.05) is 38.4 Å². The first-order chi connectivity index (χ1) is 12.9. The van der Waals surface area contributed by atoms with Gasteiger partial charge in [-0.25, -0.2) is 0 Å². The fourth-order valence-electron chi connectivity index (χ4n) is 3.09. The summed E-state index contributed by atoms with van der Waals surface area (Å²) in [7, 11) is 4.05. The van der Waals surface area contributed by atoms with Crippen LogP contribution in [0, 0.1) is 0 Å². The van der Waals surface area contributed by atoms with Crippen molar-refractivity contribution in [2.45, 2.75) is 50.2 Å². The minimum atomic E-state index is 0.172. The summed E-state index contributed by atoms with van der Waals surface area (Å²) in [5, 5.41) is 4.05. The normalized spacial score (nSPS) is 17.4. The lowest BCUT2D eigenvalue weighted by Gasteiger charge is -2.26.